The van der Waals surface area contributed by atoms with Crippen molar-refractivity contribution in [1.29, 1.82) is 0 Å². The van der Waals surface area contributed by atoms with Gasteiger partial charge in [0.05, 0.1) is 23.1 Å². The van der Waals surface area contributed by atoms with Gasteiger partial charge >= 0.3 is 0 Å². The number of benzene rings is 1. The lowest BCUT2D eigenvalue weighted by Crippen LogP contribution is -2.41. The van der Waals surface area contributed by atoms with E-state index in [1.807, 2.05) is 10.7 Å². The molecule has 3 aromatic heterocycles. The summed E-state index contributed by atoms with van der Waals surface area (Å²) in [6.45, 7) is 4.51. The number of nitrogens with one attached hydrogen (secondary N) is 2. The topological polar surface area (TPSA) is 74.1 Å². The minimum absolute atomic E-state index is 0.514. The Morgan fingerprint density at radius 3 is 2.74 bits per heavy atom. The number of anilines is 1. The van der Waals surface area contributed by atoms with Crippen molar-refractivity contribution < 1.29 is 0 Å². The Morgan fingerprint density at radius 2 is 1.94 bits per heavy atom. The molecule has 7 rings (SSSR count). The van der Waals surface area contributed by atoms with E-state index >= 15 is 0 Å². The van der Waals surface area contributed by atoms with Crippen molar-refractivity contribution in [1.82, 2.24) is 30.1 Å². The van der Waals surface area contributed by atoms with Crippen LogP contribution in [0.25, 0.3) is 27.8 Å². The van der Waals surface area contributed by atoms with Gasteiger partial charge in [0.2, 0.25) is 0 Å². The van der Waals surface area contributed by atoms with E-state index in [4.69, 9.17) is 5.10 Å². The van der Waals surface area contributed by atoms with Crippen LogP contribution in [0, 0.1) is 5.41 Å². The molecule has 4 aromatic rings. The molecule has 7 heteroatoms. The molecule has 1 saturated carbocycles. The molecule has 3 fully saturated rings. The summed E-state index contributed by atoms with van der Waals surface area (Å²) in [7, 11) is 0. The monoisotopic (exact) mass is 413 g/mol. The average molecular weight is 414 g/mol. The molecule has 158 valence electrons. The van der Waals surface area contributed by atoms with E-state index in [2.05, 4.69) is 55.7 Å². The minimum Gasteiger partial charge on any atom is -0.355 e. The Hall–Kier alpha value is -2.93. The molecule has 2 saturated heterocycles. The first-order valence-corrected chi connectivity index (χ1v) is 11.6. The van der Waals surface area contributed by atoms with Crippen LogP contribution in [0.3, 0.4) is 0 Å². The molecule has 1 aromatic carbocycles. The van der Waals surface area contributed by atoms with E-state index in [0.717, 1.165) is 41.3 Å². The highest BCUT2D eigenvalue weighted by Crippen LogP contribution is 2.42. The summed E-state index contributed by atoms with van der Waals surface area (Å²) in [5.41, 5.74) is 5.90. The second-order valence-electron chi connectivity index (χ2n) is 9.66. The molecule has 2 aliphatic heterocycles. The Bertz CT molecular complexity index is 1270. The second kappa shape index (κ2) is 6.53. The number of rotatable bonds is 3. The summed E-state index contributed by atoms with van der Waals surface area (Å²) in [6, 6.07) is 10.8. The van der Waals surface area contributed by atoms with Gasteiger partial charge in [-0.15, -0.1) is 5.10 Å². The van der Waals surface area contributed by atoms with Crippen LogP contribution >= 0.6 is 0 Å². The van der Waals surface area contributed by atoms with Crippen molar-refractivity contribution in [3.8, 4) is 11.3 Å². The smallest absolute Gasteiger partial charge is 0.154 e. The lowest BCUT2D eigenvalue weighted by Gasteiger charge is -2.39. The van der Waals surface area contributed by atoms with Gasteiger partial charge in [-0.1, -0.05) is 6.07 Å². The maximum absolute atomic E-state index is 5.03. The minimum atomic E-state index is 0.514. The highest BCUT2D eigenvalue weighted by molar-refractivity contribution is 5.87. The maximum Gasteiger partial charge on any atom is 0.154 e. The van der Waals surface area contributed by atoms with Crippen molar-refractivity contribution in [2.75, 3.05) is 31.1 Å². The first-order chi connectivity index (χ1) is 15.3. The molecule has 1 aliphatic carbocycles. The molecule has 0 bridgehead atoms. The van der Waals surface area contributed by atoms with Crippen LogP contribution in [0.4, 0.5) is 5.82 Å². The first-order valence-electron chi connectivity index (χ1n) is 11.6. The zero-order chi connectivity index (χ0) is 20.4. The van der Waals surface area contributed by atoms with Gasteiger partial charge in [0.25, 0.3) is 0 Å². The van der Waals surface area contributed by atoms with Crippen molar-refractivity contribution in [3.63, 3.8) is 0 Å². The molecular formula is C24H27N7. The van der Waals surface area contributed by atoms with E-state index in [1.54, 1.807) is 0 Å². The SMILES string of the molecule is c1cc2[nH]nc(C3CC3)c2cc1-c1cnc2ccc(N3CCC4(CCNC4)CC3)nn12. The lowest BCUT2D eigenvalue weighted by atomic mass is 9.78. The Kier molecular flexibility index (Phi) is 3.73. The Morgan fingerprint density at radius 1 is 1.03 bits per heavy atom. The van der Waals surface area contributed by atoms with Crippen LogP contribution in [0.5, 0.6) is 0 Å². The number of fused-ring (bicyclic) bond motifs is 2. The fourth-order valence-electron chi connectivity index (χ4n) is 5.52. The van der Waals surface area contributed by atoms with Gasteiger partial charge in [0, 0.05) is 36.5 Å². The van der Waals surface area contributed by atoms with Crippen molar-refractivity contribution in [2.45, 2.75) is 38.0 Å². The normalized spacial score (nSPS) is 21.0. The molecule has 0 unspecified atom stereocenters. The third kappa shape index (κ3) is 2.86. The number of hydrogen-bond donors (Lipinski definition) is 2. The molecule has 0 atom stereocenters. The predicted octanol–water partition coefficient (Wildman–Crippen LogP) is 3.73. The summed E-state index contributed by atoms with van der Waals surface area (Å²) in [4.78, 5) is 7.07. The lowest BCUT2D eigenvalue weighted by molar-refractivity contribution is 0.247. The van der Waals surface area contributed by atoms with Gasteiger partial charge in [-0.2, -0.15) is 5.10 Å². The number of piperidine rings is 1. The number of H-pyrrole nitrogens is 1. The van der Waals surface area contributed by atoms with E-state index in [9.17, 15) is 0 Å². The average Bonchev–Trinajstić information content (AvgIpc) is 3.21. The van der Waals surface area contributed by atoms with Gasteiger partial charge < -0.3 is 10.2 Å². The van der Waals surface area contributed by atoms with Gasteiger partial charge in [-0.05, 0) is 68.3 Å². The third-order valence-corrected chi connectivity index (χ3v) is 7.68. The van der Waals surface area contributed by atoms with Gasteiger partial charge in [-0.25, -0.2) is 9.50 Å². The molecular weight excluding hydrogens is 386 g/mol. The summed E-state index contributed by atoms with van der Waals surface area (Å²) >= 11 is 0. The number of aromatic nitrogens is 5. The summed E-state index contributed by atoms with van der Waals surface area (Å²) in [5.74, 6) is 1.67. The number of aromatic amines is 1. The largest absolute Gasteiger partial charge is 0.355 e. The van der Waals surface area contributed by atoms with Crippen LogP contribution in [0.2, 0.25) is 0 Å². The molecule has 1 spiro atoms. The van der Waals surface area contributed by atoms with Crippen LogP contribution < -0.4 is 10.2 Å². The van der Waals surface area contributed by atoms with Crippen LogP contribution in [0.1, 0.15) is 43.7 Å². The van der Waals surface area contributed by atoms with E-state index in [0.29, 0.717) is 11.3 Å². The molecule has 7 nitrogen and oxygen atoms in total. The molecule has 5 heterocycles. The van der Waals surface area contributed by atoms with Gasteiger partial charge in [0.15, 0.2) is 5.65 Å². The fraction of sp³-hybridized carbons (Fsp3) is 0.458. The highest BCUT2D eigenvalue weighted by atomic mass is 15.3. The number of nitrogens with zero attached hydrogens (tertiary/aromatic N) is 5. The molecule has 2 N–H and O–H groups in total. The van der Waals surface area contributed by atoms with Crippen LogP contribution in [0.15, 0.2) is 36.5 Å². The summed E-state index contributed by atoms with van der Waals surface area (Å²) in [6.07, 6.45) is 8.25. The standard InChI is InChI=1S/C24H27N7/c1-2-16(1)23-18-13-17(3-4-19(18)27-28-23)20-14-26-21-5-6-22(29-31(20)21)30-11-8-24(9-12-30)7-10-25-15-24/h3-6,13-14,16,25H,1-2,7-12,15H2,(H,27,28). The molecule has 31 heavy (non-hydrogen) atoms. The summed E-state index contributed by atoms with van der Waals surface area (Å²) in [5, 5.41) is 17.6. The van der Waals surface area contributed by atoms with Gasteiger partial charge in [-0.3, -0.25) is 5.10 Å². The van der Waals surface area contributed by atoms with E-state index < -0.39 is 0 Å². The summed E-state index contributed by atoms with van der Waals surface area (Å²) < 4.78 is 2.01. The van der Waals surface area contributed by atoms with Crippen LogP contribution in [-0.4, -0.2) is 51.0 Å². The van der Waals surface area contributed by atoms with Crippen LogP contribution in [-0.2, 0) is 0 Å². The quantitative estimate of drug-likeness (QED) is 0.535. The Balaban J connectivity index is 1.24. The fourth-order valence-corrected chi connectivity index (χ4v) is 5.52. The third-order valence-electron chi connectivity index (χ3n) is 7.68. The molecule has 0 radical (unpaired) electrons. The first kappa shape index (κ1) is 17.7. The van der Waals surface area contributed by atoms with Gasteiger partial charge in [0.1, 0.15) is 5.82 Å². The zero-order valence-corrected chi connectivity index (χ0v) is 17.6. The predicted molar refractivity (Wildman–Crippen MR) is 121 cm³/mol. The maximum atomic E-state index is 5.03. The van der Waals surface area contributed by atoms with E-state index in [-0.39, 0.29) is 0 Å². The second-order valence-corrected chi connectivity index (χ2v) is 9.66. The zero-order valence-electron chi connectivity index (χ0n) is 17.6. The van der Waals surface area contributed by atoms with Crippen molar-refractivity contribution >= 4 is 22.4 Å². The molecule has 3 aliphatic rings. The van der Waals surface area contributed by atoms with Crippen molar-refractivity contribution in [3.05, 3.63) is 42.2 Å². The Labute approximate surface area is 180 Å². The highest BCUT2D eigenvalue weighted by Gasteiger charge is 2.37. The van der Waals surface area contributed by atoms with E-state index in [1.165, 1.54) is 56.3 Å². The molecule has 0 amide bonds. The number of imidazole rings is 1. The van der Waals surface area contributed by atoms with Crippen molar-refractivity contribution in [2.24, 2.45) is 5.41 Å². The number of hydrogen-bond acceptors (Lipinski definition) is 5.